The van der Waals surface area contributed by atoms with E-state index in [9.17, 15) is 14.9 Å². The van der Waals surface area contributed by atoms with Crippen LogP contribution in [0.2, 0.25) is 0 Å². The van der Waals surface area contributed by atoms with Gasteiger partial charge in [0.2, 0.25) is 0 Å². The van der Waals surface area contributed by atoms with Crippen molar-refractivity contribution in [2.45, 2.75) is 32.2 Å². The van der Waals surface area contributed by atoms with Gasteiger partial charge in [0.25, 0.3) is 11.6 Å². The number of nitro groups is 1. The van der Waals surface area contributed by atoms with E-state index in [1.165, 1.54) is 18.2 Å². The van der Waals surface area contributed by atoms with E-state index in [0.717, 1.165) is 0 Å². The minimum absolute atomic E-state index is 0.0409. The Morgan fingerprint density at radius 1 is 1.55 bits per heavy atom. The Kier molecular flexibility index (Phi) is 5.64. The van der Waals surface area contributed by atoms with Gasteiger partial charge in [0.1, 0.15) is 4.47 Å². The molecule has 1 aromatic rings. The van der Waals surface area contributed by atoms with Crippen molar-refractivity contribution in [2.24, 2.45) is 0 Å². The lowest BCUT2D eigenvalue weighted by Gasteiger charge is -2.29. The first-order chi connectivity index (χ1) is 9.34. The second kappa shape index (κ2) is 6.81. The lowest BCUT2D eigenvalue weighted by molar-refractivity contribution is -0.385. The molecule has 0 aromatic heterocycles. The number of nitrogens with zero attached hydrogens (tertiary/aromatic N) is 1. The fourth-order valence-electron chi connectivity index (χ4n) is 1.75. The molecule has 110 valence electrons. The third-order valence-corrected chi connectivity index (χ3v) is 4.11. The predicted molar refractivity (Wildman–Crippen MR) is 78.7 cm³/mol. The van der Waals surface area contributed by atoms with Crippen LogP contribution in [0.5, 0.6) is 0 Å². The standard InChI is InChI=1S/C13H17BrN2O4/c1-3-13(2,7-8-17)15-12(18)9-5-4-6-10(11(9)14)16(19)20/h4-6,17H,3,7-8H2,1-2H3,(H,15,18). The molecule has 0 aliphatic rings. The Morgan fingerprint density at radius 2 is 2.20 bits per heavy atom. The van der Waals surface area contributed by atoms with Crippen LogP contribution in [-0.4, -0.2) is 28.1 Å². The van der Waals surface area contributed by atoms with Gasteiger partial charge in [0, 0.05) is 18.2 Å². The first-order valence-electron chi connectivity index (χ1n) is 6.21. The Bertz CT molecular complexity index is 521. The van der Waals surface area contributed by atoms with Crippen LogP contribution < -0.4 is 5.32 Å². The van der Waals surface area contributed by atoms with E-state index in [1.54, 1.807) is 0 Å². The number of aliphatic hydroxyl groups is 1. The van der Waals surface area contributed by atoms with Crippen molar-refractivity contribution in [1.82, 2.24) is 5.32 Å². The zero-order valence-electron chi connectivity index (χ0n) is 11.4. The van der Waals surface area contributed by atoms with E-state index >= 15 is 0 Å². The van der Waals surface area contributed by atoms with Crippen LogP contribution in [0.15, 0.2) is 22.7 Å². The summed E-state index contributed by atoms with van der Waals surface area (Å²) in [5.74, 6) is -0.404. The third-order valence-electron chi connectivity index (χ3n) is 3.28. The van der Waals surface area contributed by atoms with Crippen LogP contribution >= 0.6 is 15.9 Å². The largest absolute Gasteiger partial charge is 0.396 e. The molecule has 0 spiro atoms. The van der Waals surface area contributed by atoms with E-state index in [4.69, 9.17) is 5.11 Å². The normalized spacial score (nSPS) is 13.6. The molecule has 0 aliphatic carbocycles. The van der Waals surface area contributed by atoms with Crippen LogP contribution in [-0.2, 0) is 0 Å². The number of nitrogens with one attached hydrogen (secondary N) is 1. The highest BCUT2D eigenvalue weighted by molar-refractivity contribution is 9.10. The summed E-state index contributed by atoms with van der Waals surface area (Å²) < 4.78 is 0.157. The van der Waals surface area contributed by atoms with Crippen molar-refractivity contribution in [3.05, 3.63) is 38.3 Å². The SMILES string of the molecule is CCC(C)(CCO)NC(=O)c1cccc([N+](=O)[O-])c1Br. The maximum absolute atomic E-state index is 12.2. The van der Waals surface area contributed by atoms with Gasteiger partial charge in [-0.1, -0.05) is 13.0 Å². The highest BCUT2D eigenvalue weighted by Gasteiger charge is 2.27. The summed E-state index contributed by atoms with van der Waals surface area (Å²) >= 11 is 3.10. The van der Waals surface area contributed by atoms with Gasteiger partial charge in [-0.05, 0) is 41.8 Å². The molecular formula is C13H17BrN2O4. The van der Waals surface area contributed by atoms with Gasteiger partial charge in [-0.25, -0.2) is 0 Å². The van der Waals surface area contributed by atoms with Gasteiger partial charge in [-0.15, -0.1) is 0 Å². The summed E-state index contributed by atoms with van der Waals surface area (Å²) in [7, 11) is 0. The predicted octanol–water partition coefficient (Wildman–Crippen LogP) is 2.64. The van der Waals surface area contributed by atoms with Gasteiger partial charge in [0.05, 0.1) is 10.5 Å². The smallest absolute Gasteiger partial charge is 0.284 e. The second-order valence-electron chi connectivity index (χ2n) is 4.74. The highest BCUT2D eigenvalue weighted by Crippen LogP contribution is 2.28. The van der Waals surface area contributed by atoms with E-state index in [2.05, 4.69) is 21.2 Å². The molecule has 0 saturated heterocycles. The molecule has 1 aromatic carbocycles. The molecule has 20 heavy (non-hydrogen) atoms. The number of aliphatic hydroxyl groups excluding tert-OH is 1. The van der Waals surface area contributed by atoms with E-state index in [-0.39, 0.29) is 22.3 Å². The maximum atomic E-state index is 12.2. The molecule has 6 nitrogen and oxygen atoms in total. The third kappa shape index (κ3) is 3.77. The molecule has 1 amide bonds. The molecule has 0 bridgehead atoms. The summed E-state index contributed by atoms with van der Waals surface area (Å²) in [6.45, 7) is 3.69. The number of amides is 1. The second-order valence-corrected chi connectivity index (χ2v) is 5.53. The number of hydrogen-bond acceptors (Lipinski definition) is 4. The van der Waals surface area contributed by atoms with Crippen molar-refractivity contribution < 1.29 is 14.8 Å². The summed E-state index contributed by atoms with van der Waals surface area (Å²) in [6.07, 6.45) is 1.06. The number of halogens is 1. The molecule has 0 heterocycles. The van der Waals surface area contributed by atoms with Gasteiger partial charge in [0.15, 0.2) is 0 Å². The molecule has 0 aliphatic heterocycles. The van der Waals surface area contributed by atoms with Crippen molar-refractivity contribution in [1.29, 1.82) is 0 Å². The number of hydrogen-bond donors (Lipinski definition) is 2. The minimum atomic E-state index is -0.548. The topological polar surface area (TPSA) is 92.5 Å². The summed E-state index contributed by atoms with van der Waals surface area (Å²) in [4.78, 5) is 22.5. The Labute approximate surface area is 125 Å². The van der Waals surface area contributed by atoms with Crippen LogP contribution in [0.4, 0.5) is 5.69 Å². The van der Waals surface area contributed by atoms with Crippen LogP contribution in [0.1, 0.15) is 37.0 Å². The zero-order chi connectivity index (χ0) is 15.3. The van der Waals surface area contributed by atoms with Crippen LogP contribution in [0.25, 0.3) is 0 Å². The Balaban J connectivity index is 3.04. The molecule has 0 radical (unpaired) electrons. The number of nitro benzene ring substituents is 1. The molecule has 0 fully saturated rings. The van der Waals surface area contributed by atoms with Crippen molar-refractivity contribution in [3.63, 3.8) is 0 Å². The lowest BCUT2D eigenvalue weighted by atomic mass is 9.94. The van der Waals surface area contributed by atoms with E-state index in [0.29, 0.717) is 12.8 Å². The van der Waals surface area contributed by atoms with Gasteiger partial charge in [-0.2, -0.15) is 0 Å². The average molecular weight is 345 g/mol. The van der Waals surface area contributed by atoms with Crippen LogP contribution in [0, 0.1) is 10.1 Å². The Morgan fingerprint density at radius 3 is 2.70 bits per heavy atom. The monoisotopic (exact) mass is 344 g/mol. The zero-order valence-corrected chi connectivity index (χ0v) is 12.9. The maximum Gasteiger partial charge on any atom is 0.284 e. The molecular weight excluding hydrogens is 328 g/mol. The summed E-state index contributed by atoms with van der Waals surface area (Å²) in [5.41, 5.74) is -0.495. The van der Waals surface area contributed by atoms with Crippen molar-refractivity contribution >= 4 is 27.5 Å². The van der Waals surface area contributed by atoms with Crippen molar-refractivity contribution in [2.75, 3.05) is 6.61 Å². The molecule has 7 heteroatoms. The van der Waals surface area contributed by atoms with Gasteiger partial charge in [-0.3, -0.25) is 14.9 Å². The number of rotatable bonds is 6. The summed E-state index contributed by atoms with van der Waals surface area (Å²) in [6, 6.07) is 4.31. The van der Waals surface area contributed by atoms with Gasteiger partial charge < -0.3 is 10.4 Å². The first-order valence-corrected chi connectivity index (χ1v) is 7.00. The number of carbonyl (C=O) groups excluding carboxylic acids is 1. The van der Waals surface area contributed by atoms with Gasteiger partial charge >= 0.3 is 0 Å². The van der Waals surface area contributed by atoms with Crippen LogP contribution in [0.3, 0.4) is 0 Å². The van der Waals surface area contributed by atoms with E-state index in [1.807, 2.05) is 13.8 Å². The number of benzene rings is 1. The fourth-order valence-corrected chi connectivity index (χ4v) is 2.34. The molecule has 1 rings (SSSR count). The van der Waals surface area contributed by atoms with E-state index < -0.39 is 16.4 Å². The Hall–Kier alpha value is -1.47. The van der Waals surface area contributed by atoms with Crippen molar-refractivity contribution in [3.8, 4) is 0 Å². The molecule has 2 N–H and O–H groups in total. The number of carbonyl (C=O) groups is 1. The molecule has 0 saturated carbocycles. The average Bonchev–Trinajstić information content (AvgIpc) is 2.38. The minimum Gasteiger partial charge on any atom is -0.396 e. The molecule has 1 atom stereocenters. The first kappa shape index (κ1) is 16.6. The lowest BCUT2D eigenvalue weighted by Crippen LogP contribution is -2.46. The summed E-state index contributed by atoms with van der Waals surface area (Å²) in [5, 5.41) is 22.7. The highest BCUT2D eigenvalue weighted by atomic mass is 79.9. The quantitative estimate of drug-likeness (QED) is 0.612. The fraction of sp³-hybridized carbons (Fsp3) is 0.462. The molecule has 1 unspecified atom stereocenters.